The number of hydrogen-bond acceptors (Lipinski definition) is 4. The number of carbonyl (C=O) groups excluding carboxylic acids is 1. The van der Waals surface area contributed by atoms with Crippen LogP contribution >= 0.6 is 34.2 Å². The summed E-state index contributed by atoms with van der Waals surface area (Å²) in [6, 6.07) is 19.3. The zero-order valence-corrected chi connectivity index (χ0v) is 21.6. The number of anilines is 1. The van der Waals surface area contributed by atoms with Crippen LogP contribution in [0.25, 0.3) is 10.8 Å². The minimum absolute atomic E-state index is 0.218. The Balaban J connectivity index is 2.14. The maximum Gasteiger partial charge on any atom is 0.415 e. The van der Waals surface area contributed by atoms with Gasteiger partial charge in [-0.3, -0.25) is 4.90 Å². The smallest absolute Gasteiger partial charge is 0.415 e. The summed E-state index contributed by atoms with van der Waals surface area (Å²) in [6.07, 6.45) is 1.17. The Morgan fingerprint density at radius 3 is 2.52 bits per heavy atom. The van der Waals surface area contributed by atoms with Gasteiger partial charge in [0.1, 0.15) is 18.0 Å². The van der Waals surface area contributed by atoms with Crippen molar-refractivity contribution in [1.29, 1.82) is 5.26 Å². The second kappa shape index (κ2) is 10.9. The van der Waals surface area contributed by atoms with Gasteiger partial charge in [-0.2, -0.15) is 5.26 Å². The predicted octanol–water partition coefficient (Wildman–Crippen LogP) is 7.39. The summed E-state index contributed by atoms with van der Waals surface area (Å²) >= 11 is 7.97. The lowest BCUT2D eigenvalue weighted by atomic mass is 10.0. The van der Waals surface area contributed by atoms with Crippen LogP contribution in [0.1, 0.15) is 31.9 Å². The van der Waals surface area contributed by atoms with Crippen LogP contribution in [0.4, 0.5) is 10.5 Å². The molecule has 1 amide bonds. The van der Waals surface area contributed by atoms with Gasteiger partial charge in [-0.25, -0.2) is 4.79 Å². The van der Waals surface area contributed by atoms with E-state index in [2.05, 4.69) is 28.7 Å². The van der Waals surface area contributed by atoms with E-state index in [1.165, 1.54) is 10.4 Å². The zero-order chi connectivity index (χ0) is 24.0. The Hall–Kier alpha value is -2.76. The lowest BCUT2D eigenvalue weighted by Crippen LogP contribution is -2.37. The molecule has 3 aromatic carbocycles. The molecule has 0 fully saturated rings. The van der Waals surface area contributed by atoms with Gasteiger partial charge in [-0.1, -0.05) is 48.0 Å². The van der Waals surface area contributed by atoms with E-state index in [4.69, 9.17) is 21.1 Å². The molecule has 0 radical (unpaired) electrons. The number of halogens is 2. The average molecular weight is 575 g/mol. The summed E-state index contributed by atoms with van der Waals surface area (Å²) in [5, 5.41) is 11.1. The van der Waals surface area contributed by atoms with E-state index >= 15 is 0 Å². The van der Waals surface area contributed by atoms with Crippen molar-refractivity contribution in [3.63, 3.8) is 0 Å². The summed E-state index contributed by atoms with van der Waals surface area (Å²) in [7, 11) is 0. The maximum absolute atomic E-state index is 13.1. The molecule has 0 saturated carbocycles. The summed E-state index contributed by atoms with van der Waals surface area (Å²) in [5.41, 5.74) is 2.87. The van der Waals surface area contributed by atoms with Crippen LogP contribution in [-0.2, 0) is 11.3 Å². The predicted molar refractivity (Wildman–Crippen MR) is 141 cm³/mol. The van der Waals surface area contributed by atoms with Crippen LogP contribution in [0.5, 0.6) is 5.75 Å². The third-order valence-electron chi connectivity index (χ3n) is 4.66. The number of hydrogen-bond donors (Lipinski definition) is 0. The molecule has 0 saturated heterocycles. The highest BCUT2D eigenvalue weighted by Crippen LogP contribution is 2.38. The summed E-state index contributed by atoms with van der Waals surface area (Å²) in [4.78, 5) is 14.6. The van der Waals surface area contributed by atoms with E-state index in [0.29, 0.717) is 23.6 Å². The van der Waals surface area contributed by atoms with Crippen molar-refractivity contribution in [2.24, 2.45) is 0 Å². The standard InChI is InChI=1S/C26H24ClIN2O3/c1-26(2,3)33-25(31)30(13-7-12-27)22-15-23(32-17-18-8-5-4-6-9-18)20-11-10-19(16-29)14-21(20)24(22)28/h4-12,14-15H,13,17H2,1-3H3/b12-7+. The first-order chi connectivity index (χ1) is 15.7. The number of carbonyl (C=O) groups is 1. The SMILES string of the molecule is CC(C)(C)OC(=O)N(C/C=C/Cl)c1cc(OCc2ccccc2)c2ccc(C#N)cc2c1I. The highest BCUT2D eigenvalue weighted by molar-refractivity contribution is 14.1. The number of nitriles is 1. The van der Waals surface area contributed by atoms with Crippen LogP contribution in [0.3, 0.4) is 0 Å². The molecule has 5 nitrogen and oxygen atoms in total. The second-order valence-corrected chi connectivity index (χ2v) is 9.64. The Kier molecular flexibility index (Phi) is 8.22. The van der Waals surface area contributed by atoms with Crippen LogP contribution in [0.2, 0.25) is 0 Å². The van der Waals surface area contributed by atoms with Crippen LogP contribution in [0, 0.1) is 14.9 Å². The van der Waals surface area contributed by atoms with Gasteiger partial charge in [-0.15, -0.1) is 0 Å². The average Bonchev–Trinajstić information content (AvgIpc) is 2.79. The number of fused-ring (bicyclic) bond motifs is 1. The Bertz CT molecular complexity index is 1210. The largest absolute Gasteiger partial charge is 0.488 e. The molecular formula is C26H24ClIN2O3. The normalized spacial score (nSPS) is 11.4. The summed E-state index contributed by atoms with van der Waals surface area (Å²) in [6.45, 7) is 6.04. The lowest BCUT2D eigenvalue weighted by molar-refractivity contribution is 0.0584. The molecule has 33 heavy (non-hydrogen) atoms. The fourth-order valence-corrected chi connectivity index (χ4v) is 4.17. The molecule has 0 heterocycles. The van der Waals surface area contributed by atoms with Crippen LogP contribution in [0.15, 0.2) is 66.2 Å². The highest BCUT2D eigenvalue weighted by atomic mass is 127. The van der Waals surface area contributed by atoms with E-state index in [1.807, 2.05) is 63.2 Å². The molecule has 0 aromatic heterocycles. The molecule has 0 bridgehead atoms. The van der Waals surface area contributed by atoms with Gasteiger partial charge >= 0.3 is 6.09 Å². The number of nitrogens with zero attached hydrogens (tertiary/aromatic N) is 2. The van der Waals surface area contributed by atoms with Gasteiger partial charge in [0.2, 0.25) is 0 Å². The van der Waals surface area contributed by atoms with Crippen molar-refractivity contribution in [1.82, 2.24) is 0 Å². The molecule has 0 N–H and O–H groups in total. The van der Waals surface area contributed by atoms with Crippen molar-refractivity contribution in [3.8, 4) is 11.8 Å². The molecular weight excluding hydrogens is 551 g/mol. The van der Waals surface area contributed by atoms with Gasteiger partial charge in [0.05, 0.1) is 17.3 Å². The number of benzene rings is 3. The molecule has 0 spiro atoms. The first-order valence-electron chi connectivity index (χ1n) is 10.3. The molecule has 7 heteroatoms. The number of ether oxygens (including phenoxy) is 2. The van der Waals surface area contributed by atoms with E-state index in [9.17, 15) is 10.1 Å². The van der Waals surface area contributed by atoms with E-state index < -0.39 is 11.7 Å². The number of amides is 1. The van der Waals surface area contributed by atoms with E-state index in [0.717, 1.165) is 19.9 Å². The van der Waals surface area contributed by atoms with Gasteiger partial charge in [-0.05, 0) is 67.1 Å². The Morgan fingerprint density at radius 1 is 1.15 bits per heavy atom. The molecule has 0 aliphatic heterocycles. The second-order valence-electron chi connectivity index (χ2n) is 8.31. The van der Waals surface area contributed by atoms with Crippen molar-refractivity contribution in [2.75, 3.05) is 11.4 Å². The lowest BCUT2D eigenvalue weighted by Gasteiger charge is -2.28. The third kappa shape index (κ3) is 6.40. The van der Waals surface area contributed by atoms with Crippen molar-refractivity contribution in [2.45, 2.75) is 33.0 Å². The van der Waals surface area contributed by atoms with Crippen molar-refractivity contribution in [3.05, 3.63) is 80.9 Å². The maximum atomic E-state index is 13.1. The minimum Gasteiger partial charge on any atom is -0.488 e. The van der Waals surface area contributed by atoms with E-state index in [-0.39, 0.29) is 6.54 Å². The first kappa shape index (κ1) is 24.9. The molecule has 170 valence electrons. The van der Waals surface area contributed by atoms with Crippen molar-refractivity contribution >= 4 is 56.7 Å². The molecule has 0 aliphatic carbocycles. The number of rotatable bonds is 6. The molecule has 0 aliphatic rings. The molecule has 3 aromatic rings. The van der Waals surface area contributed by atoms with Gasteiger partial charge in [0.15, 0.2) is 0 Å². The third-order valence-corrected chi connectivity index (χ3v) is 5.97. The van der Waals surface area contributed by atoms with Gasteiger partial charge < -0.3 is 9.47 Å². The Morgan fingerprint density at radius 2 is 1.88 bits per heavy atom. The van der Waals surface area contributed by atoms with Gasteiger partial charge in [0.25, 0.3) is 0 Å². The Labute approximate surface area is 212 Å². The molecule has 3 rings (SSSR count). The first-order valence-corrected chi connectivity index (χ1v) is 11.8. The minimum atomic E-state index is -0.664. The topological polar surface area (TPSA) is 62.6 Å². The fourth-order valence-electron chi connectivity index (χ4n) is 3.20. The zero-order valence-electron chi connectivity index (χ0n) is 18.6. The summed E-state index contributed by atoms with van der Waals surface area (Å²) < 4.78 is 12.7. The highest BCUT2D eigenvalue weighted by Gasteiger charge is 2.26. The van der Waals surface area contributed by atoms with E-state index in [1.54, 1.807) is 18.2 Å². The quantitative estimate of drug-likeness (QED) is 0.288. The molecule has 0 unspecified atom stereocenters. The monoisotopic (exact) mass is 574 g/mol. The van der Waals surface area contributed by atoms with Crippen molar-refractivity contribution < 1.29 is 14.3 Å². The van der Waals surface area contributed by atoms with Crippen LogP contribution < -0.4 is 9.64 Å². The van der Waals surface area contributed by atoms with Gasteiger partial charge in [0, 0.05) is 32.5 Å². The summed E-state index contributed by atoms with van der Waals surface area (Å²) in [5.74, 6) is 0.608. The van der Waals surface area contributed by atoms with Crippen LogP contribution in [-0.4, -0.2) is 18.2 Å². The fraction of sp³-hybridized carbons (Fsp3) is 0.231. The molecule has 0 atom stereocenters.